The van der Waals surface area contributed by atoms with Crippen LogP contribution in [0.15, 0.2) is 18.3 Å². The van der Waals surface area contributed by atoms with Gasteiger partial charge in [0.25, 0.3) is 0 Å². The second kappa shape index (κ2) is 4.57. The molecule has 0 saturated heterocycles. The molecule has 0 spiro atoms. The van der Waals surface area contributed by atoms with Crippen molar-refractivity contribution in [2.24, 2.45) is 0 Å². The Morgan fingerprint density at radius 1 is 1.71 bits per heavy atom. The van der Waals surface area contributed by atoms with E-state index in [0.29, 0.717) is 5.56 Å². The lowest BCUT2D eigenvalue weighted by Crippen LogP contribution is -2.07. The van der Waals surface area contributed by atoms with E-state index in [1.165, 1.54) is 13.3 Å². The Balaban J connectivity index is 2.87. The Kier molecular flexibility index (Phi) is 3.41. The van der Waals surface area contributed by atoms with E-state index in [0.717, 1.165) is 0 Å². The Morgan fingerprint density at radius 3 is 3.00 bits per heavy atom. The number of carbonyl (C=O) groups is 1. The van der Waals surface area contributed by atoms with Crippen molar-refractivity contribution in [2.45, 2.75) is 12.5 Å². The maximum Gasteiger partial charge on any atom is 0.306 e. The van der Waals surface area contributed by atoms with Gasteiger partial charge in [0.2, 0.25) is 5.88 Å². The van der Waals surface area contributed by atoms with Crippen molar-refractivity contribution in [1.82, 2.24) is 4.98 Å². The van der Waals surface area contributed by atoms with Crippen molar-refractivity contribution in [2.75, 3.05) is 7.11 Å². The summed E-state index contributed by atoms with van der Waals surface area (Å²) in [7, 11) is 1.42. The van der Waals surface area contributed by atoms with Crippen molar-refractivity contribution in [3.05, 3.63) is 23.9 Å². The summed E-state index contributed by atoms with van der Waals surface area (Å²) in [5.74, 6) is -0.815. The van der Waals surface area contributed by atoms with Crippen molar-refractivity contribution < 1.29 is 19.7 Å². The van der Waals surface area contributed by atoms with Crippen molar-refractivity contribution in [3.8, 4) is 5.88 Å². The quantitative estimate of drug-likeness (QED) is 0.738. The second-order valence-corrected chi connectivity index (χ2v) is 2.72. The number of aromatic nitrogens is 1. The highest BCUT2D eigenvalue weighted by Crippen LogP contribution is 2.24. The minimum atomic E-state index is -1.09. The predicted molar refractivity (Wildman–Crippen MR) is 48.0 cm³/mol. The van der Waals surface area contributed by atoms with E-state index in [1.807, 2.05) is 0 Å². The van der Waals surface area contributed by atoms with E-state index in [1.54, 1.807) is 12.1 Å². The zero-order valence-electron chi connectivity index (χ0n) is 7.67. The van der Waals surface area contributed by atoms with Crippen LogP contribution in [-0.2, 0) is 4.79 Å². The van der Waals surface area contributed by atoms with Gasteiger partial charge in [0, 0.05) is 11.8 Å². The lowest BCUT2D eigenvalue weighted by molar-refractivity contribution is -0.139. The van der Waals surface area contributed by atoms with Gasteiger partial charge in [0.05, 0.1) is 19.6 Å². The molecule has 5 heteroatoms. The molecule has 1 heterocycles. The minimum Gasteiger partial charge on any atom is -0.481 e. The highest BCUT2D eigenvalue weighted by Gasteiger charge is 2.16. The Morgan fingerprint density at radius 2 is 2.43 bits per heavy atom. The van der Waals surface area contributed by atoms with E-state index in [9.17, 15) is 9.90 Å². The van der Waals surface area contributed by atoms with Gasteiger partial charge in [-0.25, -0.2) is 4.98 Å². The molecule has 0 aliphatic carbocycles. The van der Waals surface area contributed by atoms with Gasteiger partial charge >= 0.3 is 5.97 Å². The Labute approximate surface area is 81.0 Å². The van der Waals surface area contributed by atoms with E-state index >= 15 is 0 Å². The summed E-state index contributed by atoms with van der Waals surface area (Å²) < 4.78 is 4.88. The molecule has 5 nitrogen and oxygen atoms in total. The number of hydrogen-bond donors (Lipinski definition) is 2. The molecule has 0 aliphatic rings. The molecule has 0 bridgehead atoms. The summed E-state index contributed by atoms with van der Waals surface area (Å²) >= 11 is 0. The maximum absolute atomic E-state index is 10.4. The number of methoxy groups -OCH3 is 1. The molecule has 0 saturated carbocycles. The fourth-order valence-corrected chi connectivity index (χ4v) is 1.10. The first-order chi connectivity index (χ1) is 6.65. The van der Waals surface area contributed by atoms with Crippen molar-refractivity contribution >= 4 is 5.97 Å². The normalized spacial score (nSPS) is 12.1. The third kappa shape index (κ3) is 2.43. The van der Waals surface area contributed by atoms with Gasteiger partial charge < -0.3 is 14.9 Å². The average Bonchev–Trinajstić information content (AvgIpc) is 2.16. The first-order valence-electron chi connectivity index (χ1n) is 4.04. The molecule has 0 unspecified atom stereocenters. The smallest absolute Gasteiger partial charge is 0.306 e. The summed E-state index contributed by atoms with van der Waals surface area (Å²) in [6, 6.07) is 3.20. The van der Waals surface area contributed by atoms with Crippen LogP contribution in [0.1, 0.15) is 18.1 Å². The van der Waals surface area contributed by atoms with Crippen LogP contribution in [0.3, 0.4) is 0 Å². The number of aliphatic hydroxyl groups is 1. The van der Waals surface area contributed by atoms with Crippen molar-refractivity contribution in [1.29, 1.82) is 0 Å². The zero-order valence-corrected chi connectivity index (χ0v) is 7.67. The van der Waals surface area contributed by atoms with Crippen LogP contribution in [0.5, 0.6) is 5.88 Å². The first-order valence-corrected chi connectivity index (χ1v) is 4.04. The number of aliphatic hydroxyl groups excluding tert-OH is 1. The number of pyridine rings is 1. The molecule has 0 fully saturated rings. The molecule has 1 rings (SSSR count). The standard InChI is InChI=1S/C9H11NO4/c1-14-9-6(3-2-4-10-9)7(11)5-8(12)13/h2-4,7,11H,5H2,1H3,(H,12,13)/t7-/m1/s1. The third-order valence-corrected chi connectivity index (χ3v) is 1.72. The predicted octanol–water partition coefficient (Wildman–Crippen LogP) is 0.598. The van der Waals surface area contributed by atoms with E-state index in [2.05, 4.69) is 4.98 Å². The van der Waals surface area contributed by atoms with Crippen LogP contribution in [-0.4, -0.2) is 28.3 Å². The largest absolute Gasteiger partial charge is 0.481 e. The number of ether oxygens (including phenoxy) is 1. The molecule has 0 aromatic carbocycles. The molecule has 0 radical (unpaired) electrons. The summed E-state index contributed by atoms with van der Waals surface area (Å²) in [6.07, 6.45) is 0.0638. The third-order valence-electron chi connectivity index (χ3n) is 1.72. The molecule has 2 N–H and O–H groups in total. The minimum absolute atomic E-state index is 0.251. The summed E-state index contributed by atoms with van der Waals surface area (Å²) in [6.45, 7) is 0. The van der Waals surface area contributed by atoms with Gasteiger partial charge in [-0.2, -0.15) is 0 Å². The van der Waals surface area contributed by atoms with Gasteiger partial charge in [-0.15, -0.1) is 0 Å². The summed E-state index contributed by atoms with van der Waals surface area (Å²) in [4.78, 5) is 14.2. The molecule has 1 atom stereocenters. The topological polar surface area (TPSA) is 79.7 Å². The molecule has 0 amide bonds. The van der Waals surface area contributed by atoms with Gasteiger partial charge in [0.1, 0.15) is 0 Å². The van der Waals surface area contributed by atoms with E-state index in [-0.39, 0.29) is 12.3 Å². The number of rotatable bonds is 4. The van der Waals surface area contributed by atoms with Crippen LogP contribution >= 0.6 is 0 Å². The van der Waals surface area contributed by atoms with Gasteiger partial charge in [0.15, 0.2) is 0 Å². The Bertz CT molecular complexity index is 326. The number of hydrogen-bond acceptors (Lipinski definition) is 4. The van der Waals surface area contributed by atoms with Crippen LogP contribution in [0.25, 0.3) is 0 Å². The number of carboxylic acids is 1. The number of nitrogens with zero attached hydrogens (tertiary/aromatic N) is 1. The zero-order chi connectivity index (χ0) is 10.6. The molecule has 14 heavy (non-hydrogen) atoms. The molecule has 76 valence electrons. The van der Waals surface area contributed by atoms with Crippen LogP contribution in [0.4, 0.5) is 0 Å². The van der Waals surface area contributed by atoms with Gasteiger partial charge in [-0.1, -0.05) is 0 Å². The lowest BCUT2D eigenvalue weighted by atomic mass is 10.1. The van der Waals surface area contributed by atoms with Crippen LogP contribution in [0, 0.1) is 0 Å². The Hall–Kier alpha value is -1.62. The average molecular weight is 197 g/mol. The van der Waals surface area contributed by atoms with Gasteiger partial charge in [-0.05, 0) is 12.1 Å². The van der Waals surface area contributed by atoms with Crippen LogP contribution in [0.2, 0.25) is 0 Å². The highest BCUT2D eigenvalue weighted by molar-refractivity contribution is 5.67. The van der Waals surface area contributed by atoms with Crippen molar-refractivity contribution in [3.63, 3.8) is 0 Å². The molecular weight excluding hydrogens is 186 g/mol. The van der Waals surface area contributed by atoms with Gasteiger partial charge in [-0.3, -0.25) is 4.79 Å². The maximum atomic E-state index is 10.4. The van der Waals surface area contributed by atoms with E-state index in [4.69, 9.17) is 9.84 Å². The van der Waals surface area contributed by atoms with E-state index < -0.39 is 12.1 Å². The SMILES string of the molecule is COc1ncccc1[C@H](O)CC(=O)O. The fraction of sp³-hybridized carbons (Fsp3) is 0.333. The summed E-state index contributed by atoms with van der Waals surface area (Å²) in [5.41, 5.74) is 0.386. The first kappa shape index (κ1) is 10.5. The summed E-state index contributed by atoms with van der Waals surface area (Å²) in [5, 5.41) is 18.0. The molecule has 1 aromatic heterocycles. The lowest BCUT2D eigenvalue weighted by Gasteiger charge is -2.11. The molecule has 0 aliphatic heterocycles. The fourth-order valence-electron chi connectivity index (χ4n) is 1.10. The second-order valence-electron chi connectivity index (χ2n) is 2.72. The molecule has 1 aromatic rings. The monoisotopic (exact) mass is 197 g/mol. The molecular formula is C9H11NO4. The number of aliphatic carboxylic acids is 1. The number of carboxylic acid groups (broad SMARTS) is 1. The highest BCUT2D eigenvalue weighted by atomic mass is 16.5. The van der Waals surface area contributed by atoms with Crippen LogP contribution < -0.4 is 4.74 Å².